The van der Waals surface area contributed by atoms with E-state index in [1.807, 2.05) is 6.92 Å². The van der Waals surface area contributed by atoms with E-state index in [0.29, 0.717) is 6.61 Å². The van der Waals surface area contributed by atoms with Crippen LogP contribution < -0.4 is 10.5 Å². The molecule has 0 bridgehead atoms. The molecule has 98 valence electrons. The molecule has 17 heavy (non-hydrogen) atoms. The monoisotopic (exact) mass is 257 g/mol. The Hall–Kier alpha value is -0.730. The van der Waals surface area contributed by atoms with Crippen LogP contribution in [0.25, 0.3) is 0 Å². The highest BCUT2D eigenvalue weighted by Crippen LogP contribution is 2.26. The summed E-state index contributed by atoms with van der Waals surface area (Å²) in [4.78, 5) is 0. The predicted molar refractivity (Wildman–Crippen MR) is 76.3 cm³/mol. The van der Waals surface area contributed by atoms with Gasteiger partial charge < -0.3 is 10.5 Å². The average Bonchev–Trinajstić information content (AvgIpc) is 2.23. The van der Waals surface area contributed by atoms with Crippen molar-refractivity contribution in [2.75, 3.05) is 6.61 Å². The van der Waals surface area contributed by atoms with Crippen molar-refractivity contribution in [3.8, 4) is 5.75 Å². The highest BCUT2D eigenvalue weighted by molar-refractivity contribution is 5.85. The van der Waals surface area contributed by atoms with Crippen molar-refractivity contribution in [2.24, 2.45) is 5.73 Å². The molecule has 0 saturated carbocycles. The molecule has 0 aliphatic rings. The molecular weight excluding hydrogens is 234 g/mol. The third kappa shape index (κ3) is 4.57. The van der Waals surface area contributed by atoms with Gasteiger partial charge in [0.2, 0.25) is 0 Å². The molecule has 1 atom stereocenters. The maximum atomic E-state index is 6.01. The minimum atomic E-state index is 0. The lowest BCUT2D eigenvalue weighted by Gasteiger charge is -2.16. The Kier molecular flexibility index (Phi) is 7.24. The van der Waals surface area contributed by atoms with Crippen molar-refractivity contribution in [3.63, 3.8) is 0 Å². The molecule has 0 saturated heterocycles. The molecule has 1 unspecified atom stereocenters. The van der Waals surface area contributed by atoms with Gasteiger partial charge in [0.05, 0.1) is 6.61 Å². The Morgan fingerprint density at radius 3 is 2.41 bits per heavy atom. The van der Waals surface area contributed by atoms with Crippen LogP contribution in [0.5, 0.6) is 5.75 Å². The summed E-state index contributed by atoms with van der Waals surface area (Å²) in [5, 5.41) is 0. The largest absolute Gasteiger partial charge is 0.493 e. The van der Waals surface area contributed by atoms with Crippen LogP contribution in [0.15, 0.2) is 12.1 Å². The minimum absolute atomic E-state index is 0. The number of rotatable bonds is 5. The van der Waals surface area contributed by atoms with Crippen molar-refractivity contribution in [1.29, 1.82) is 0 Å². The van der Waals surface area contributed by atoms with E-state index in [1.54, 1.807) is 0 Å². The molecule has 2 nitrogen and oxygen atoms in total. The maximum Gasteiger partial charge on any atom is 0.125 e. The van der Waals surface area contributed by atoms with E-state index in [0.717, 1.165) is 18.6 Å². The van der Waals surface area contributed by atoms with E-state index in [2.05, 4.69) is 32.9 Å². The summed E-state index contributed by atoms with van der Waals surface area (Å²) in [6, 6.07) is 4.57. The van der Waals surface area contributed by atoms with Crippen molar-refractivity contribution in [1.82, 2.24) is 0 Å². The second kappa shape index (κ2) is 7.57. The first-order valence-electron chi connectivity index (χ1n) is 6.07. The number of benzene rings is 1. The first-order chi connectivity index (χ1) is 7.58. The van der Waals surface area contributed by atoms with Crippen LogP contribution in [0.4, 0.5) is 0 Å². The normalized spacial score (nSPS) is 11.8. The fourth-order valence-corrected chi connectivity index (χ4v) is 1.97. The number of ether oxygens (including phenoxy) is 1. The van der Waals surface area contributed by atoms with Gasteiger partial charge >= 0.3 is 0 Å². The Bertz CT molecular complexity index is 352. The number of aryl methyl sites for hydroxylation is 2. The fourth-order valence-electron chi connectivity index (χ4n) is 1.97. The van der Waals surface area contributed by atoms with E-state index in [9.17, 15) is 0 Å². The van der Waals surface area contributed by atoms with Crippen LogP contribution in [0, 0.1) is 13.8 Å². The molecule has 0 aliphatic carbocycles. The Balaban J connectivity index is 0.00000256. The number of hydrogen-bond donors (Lipinski definition) is 1. The lowest BCUT2D eigenvalue weighted by atomic mass is 9.99. The molecule has 0 heterocycles. The third-order valence-corrected chi connectivity index (χ3v) is 2.79. The fraction of sp³-hybridized carbons (Fsp3) is 0.571. The van der Waals surface area contributed by atoms with Gasteiger partial charge in [-0.3, -0.25) is 0 Å². The molecule has 1 rings (SSSR count). The highest BCUT2D eigenvalue weighted by atomic mass is 35.5. The van der Waals surface area contributed by atoms with Gasteiger partial charge in [-0.2, -0.15) is 0 Å². The smallest absolute Gasteiger partial charge is 0.125 e. The summed E-state index contributed by atoms with van der Waals surface area (Å²) >= 11 is 0. The number of hydrogen-bond acceptors (Lipinski definition) is 2. The van der Waals surface area contributed by atoms with Crippen molar-refractivity contribution >= 4 is 12.4 Å². The van der Waals surface area contributed by atoms with Crippen LogP contribution in [-0.2, 0) is 6.42 Å². The highest BCUT2D eigenvalue weighted by Gasteiger charge is 2.11. The summed E-state index contributed by atoms with van der Waals surface area (Å²) in [6.45, 7) is 9.05. The van der Waals surface area contributed by atoms with Crippen LogP contribution in [0.2, 0.25) is 0 Å². The molecule has 1 aromatic rings. The van der Waals surface area contributed by atoms with E-state index in [4.69, 9.17) is 10.5 Å². The predicted octanol–water partition coefficient (Wildman–Crippen LogP) is 3.40. The van der Waals surface area contributed by atoms with Crippen LogP contribution in [-0.4, -0.2) is 12.6 Å². The van der Waals surface area contributed by atoms with Gasteiger partial charge in [0.1, 0.15) is 5.75 Å². The van der Waals surface area contributed by atoms with Gasteiger partial charge in [-0.25, -0.2) is 0 Å². The van der Waals surface area contributed by atoms with E-state index >= 15 is 0 Å². The summed E-state index contributed by atoms with van der Waals surface area (Å²) in [6.07, 6.45) is 1.90. The van der Waals surface area contributed by atoms with Crippen LogP contribution in [0.1, 0.15) is 37.0 Å². The van der Waals surface area contributed by atoms with Gasteiger partial charge in [-0.1, -0.05) is 24.6 Å². The Labute approximate surface area is 111 Å². The van der Waals surface area contributed by atoms with E-state index in [-0.39, 0.29) is 18.4 Å². The average molecular weight is 258 g/mol. The van der Waals surface area contributed by atoms with Crippen molar-refractivity contribution in [2.45, 2.75) is 46.6 Å². The Morgan fingerprint density at radius 1 is 1.24 bits per heavy atom. The number of halogens is 1. The number of nitrogens with two attached hydrogens (primary N) is 1. The second-order valence-electron chi connectivity index (χ2n) is 4.38. The van der Waals surface area contributed by atoms with Gasteiger partial charge in [0, 0.05) is 6.04 Å². The molecular formula is C14H24ClNO. The van der Waals surface area contributed by atoms with Crippen LogP contribution in [0.3, 0.4) is 0 Å². The summed E-state index contributed by atoms with van der Waals surface area (Å²) in [7, 11) is 0. The zero-order valence-electron chi connectivity index (χ0n) is 11.2. The van der Waals surface area contributed by atoms with Crippen LogP contribution >= 0.6 is 12.4 Å². The summed E-state index contributed by atoms with van der Waals surface area (Å²) in [5.41, 5.74) is 9.74. The zero-order valence-corrected chi connectivity index (χ0v) is 12.1. The van der Waals surface area contributed by atoms with Gasteiger partial charge in [-0.05, 0) is 44.7 Å². The Morgan fingerprint density at radius 2 is 1.88 bits per heavy atom. The lowest BCUT2D eigenvalue weighted by Crippen LogP contribution is -2.22. The zero-order chi connectivity index (χ0) is 12.1. The molecule has 3 heteroatoms. The van der Waals surface area contributed by atoms with Gasteiger partial charge in [0.15, 0.2) is 0 Å². The van der Waals surface area contributed by atoms with Crippen molar-refractivity contribution < 1.29 is 4.74 Å². The molecule has 0 amide bonds. The molecule has 1 aromatic carbocycles. The van der Waals surface area contributed by atoms with E-state index < -0.39 is 0 Å². The SMILES string of the molecule is CCOc1c(C)cc(C)cc1CC(N)CC.Cl. The molecule has 0 spiro atoms. The molecule has 0 radical (unpaired) electrons. The molecule has 0 fully saturated rings. The molecule has 0 aliphatic heterocycles. The quantitative estimate of drug-likeness (QED) is 0.878. The molecule has 2 N–H and O–H groups in total. The molecule has 0 aromatic heterocycles. The topological polar surface area (TPSA) is 35.2 Å². The third-order valence-electron chi connectivity index (χ3n) is 2.79. The standard InChI is InChI=1S/C14H23NO.ClH/c1-5-13(15)9-12-8-10(3)7-11(4)14(12)16-6-2;/h7-8,13H,5-6,9,15H2,1-4H3;1H. The first kappa shape index (κ1) is 16.3. The lowest BCUT2D eigenvalue weighted by molar-refractivity contribution is 0.333. The summed E-state index contributed by atoms with van der Waals surface area (Å²) in [5.74, 6) is 1.03. The van der Waals surface area contributed by atoms with Crippen molar-refractivity contribution in [3.05, 3.63) is 28.8 Å². The van der Waals surface area contributed by atoms with Gasteiger partial charge in [0.25, 0.3) is 0 Å². The second-order valence-corrected chi connectivity index (χ2v) is 4.38. The van der Waals surface area contributed by atoms with Gasteiger partial charge in [-0.15, -0.1) is 12.4 Å². The maximum absolute atomic E-state index is 6.01. The van der Waals surface area contributed by atoms with E-state index in [1.165, 1.54) is 16.7 Å². The first-order valence-corrected chi connectivity index (χ1v) is 6.07. The minimum Gasteiger partial charge on any atom is -0.493 e. The summed E-state index contributed by atoms with van der Waals surface area (Å²) < 4.78 is 5.71.